The Bertz CT molecular complexity index is 454. The molecule has 0 heterocycles. The summed E-state index contributed by atoms with van der Waals surface area (Å²) in [5, 5.41) is 11.3. The highest BCUT2D eigenvalue weighted by molar-refractivity contribution is 5.48. The molecule has 7 heteroatoms. The number of hydrogen-bond acceptors (Lipinski definition) is 3. The van der Waals surface area contributed by atoms with Gasteiger partial charge >= 0.3 is 6.18 Å². The third-order valence-electron chi connectivity index (χ3n) is 2.14. The molecule has 1 N–H and O–H groups in total. The van der Waals surface area contributed by atoms with Gasteiger partial charge < -0.3 is 10.1 Å². The van der Waals surface area contributed by atoms with Crippen LogP contribution in [0, 0.1) is 17.1 Å². The Hall–Kier alpha value is -1.81. The number of benzene rings is 1. The van der Waals surface area contributed by atoms with Crippen molar-refractivity contribution in [1.29, 1.82) is 5.26 Å². The van der Waals surface area contributed by atoms with E-state index in [-0.39, 0.29) is 24.4 Å². The summed E-state index contributed by atoms with van der Waals surface area (Å²) in [5.41, 5.74) is 0.409. The number of ether oxygens (including phenoxy) is 1. The van der Waals surface area contributed by atoms with Gasteiger partial charge in [-0.3, -0.25) is 0 Å². The minimum absolute atomic E-state index is 0.0651. The number of nitrogens with one attached hydrogen (secondary N) is 1. The molecule has 1 aromatic carbocycles. The van der Waals surface area contributed by atoms with Crippen LogP contribution in [-0.4, -0.2) is 25.9 Å². The summed E-state index contributed by atoms with van der Waals surface area (Å²) in [6.45, 7) is -1.07. The largest absolute Gasteiger partial charge is 0.411 e. The third-order valence-corrected chi connectivity index (χ3v) is 2.14. The highest BCUT2D eigenvalue weighted by Gasteiger charge is 2.27. The Morgan fingerprint density at radius 1 is 1.32 bits per heavy atom. The molecule has 0 unspecified atom stereocenters. The van der Waals surface area contributed by atoms with Crippen LogP contribution in [0.25, 0.3) is 0 Å². The quantitative estimate of drug-likeness (QED) is 0.641. The zero-order chi connectivity index (χ0) is 14.3. The van der Waals surface area contributed by atoms with Gasteiger partial charge in [0.05, 0.1) is 17.3 Å². The standard InChI is InChI=1S/C12H12F4N2O/c13-10-6-9(7-17)2-3-11(10)18-4-1-5-19-8-12(14,15)16/h2-3,6,18H,1,4-5,8H2. The van der Waals surface area contributed by atoms with E-state index in [1.807, 2.05) is 0 Å². The zero-order valence-corrected chi connectivity index (χ0v) is 9.93. The van der Waals surface area contributed by atoms with Crippen LogP contribution in [0.15, 0.2) is 18.2 Å². The van der Waals surface area contributed by atoms with Crippen LogP contribution in [0.3, 0.4) is 0 Å². The second-order valence-corrected chi connectivity index (χ2v) is 3.75. The number of halogens is 4. The van der Waals surface area contributed by atoms with Crippen molar-refractivity contribution in [3.8, 4) is 6.07 Å². The summed E-state index contributed by atoms with van der Waals surface area (Å²) in [5.74, 6) is -0.574. The van der Waals surface area contributed by atoms with E-state index in [1.54, 1.807) is 6.07 Å². The summed E-state index contributed by atoms with van der Waals surface area (Å²) < 4.78 is 53.0. The van der Waals surface area contributed by atoms with E-state index in [1.165, 1.54) is 12.1 Å². The van der Waals surface area contributed by atoms with Gasteiger partial charge in [0.1, 0.15) is 12.4 Å². The van der Waals surface area contributed by atoms with E-state index in [0.29, 0.717) is 6.42 Å². The second kappa shape index (κ2) is 6.95. The van der Waals surface area contributed by atoms with Crippen molar-refractivity contribution in [3.63, 3.8) is 0 Å². The lowest BCUT2D eigenvalue weighted by Gasteiger charge is -2.09. The van der Waals surface area contributed by atoms with Crippen LogP contribution < -0.4 is 5.32 Å². The van der Waals surface area contributed by atoms with Crippen molar-refractivity contribution in [1.82, 2.24) is 0 Å². The number of nitrogens with zero attached hydrogens (tertiary/aromatic N) is 1. The lowest BCUT2D eigenvalue weighted by atomic mass is 10.2. The van der Waals surface area contributed by atoms with E-state index in [9.17, 15) is 17.6 Å². The van der Waals surface area contributed by atoms with Gasteiger partial charge in [0.2, 0.25) is 0 Å². The van der Waals surface area contributed by atoms with Gasteiger partial charge in [0, 0.05) is 13.2 Å². The molecule has 1 aromatic rings. The van der Waals surface area contributed by atoms with Crippen molar-refractivity contribution in [2.45, 2.75) is 12.6 Å². The third kappa shape index (κ3) is 6.06. The summed E-state index contributed by atoms with van der Waals surface area (Å²) in [4.78, 5) is 0. The maximum Gasteiger partial charge on any atom is 0.411 e. The van der Waals surface area contributed by atoms with Gasteiger partial charge in [-0.2, -0.15) is 18.4 Å². The minimum atomic E-state index is -4.33. The van der Waals surface area contributed by atoms with Crippen LogP contribution in [-0.2, 0) is 4.74 Å². The highest BCUT2D eigenvalue weighted by Crippen LogP contribution is 2.16. The fourth-order valence-corrected chi connectivity index (χ4v) is 1.31. The normalized spacial score (nSPS) is 11.1. The molecule has 0 saturated heterocycles. The van der Waals surface area contributed by atoms with E-state index < -0.39 is 18.6 Å². The van der Waals surface area contributed by atoms with Crippen molar-refractivity contribution in [2.24, 2.45) is 0 Å². The average Bonchev–Trinajstić information content (AvgIpc) is 2.33. The van der Waals surface area contributed by atoms with Gasteiger partial charge in [0.15, 0.2) is 0 Å². The molecule has 0 atom stereocenters. The molecule has 0 saturated carbocycles. The molecule has 0 aliphatic rings. The Morgan fingerprint density at radius 2 is 2.05 bits per heavy atom. The first-order valence-electron chi connectivity index (χ1n) is 5.50. The smallest absolute Gasteiger partial charge is 0.383 e. The Balaban J connectivity index is 2.25. The van der Waals surface area contributed by atoms with Crippen molar-refractivity contribution < 1.29 is 22.3 Å². The SMILES string of the molecule is N#Cc1ccc(NCCCOCC(F)(F)F)c(F)c1. The number of anilines is 1. The molecule has 0 amide bonds. The Labute approximate surface area is 107 Å². The molecule has 0 radical (unpaired) electrons. The van der Waals surface area contributed by atoms with Crippen molar-refractivity contribution in [3.05, 3.63) is 29.6 Å². The summed E-state index contributed by atoms with van der Waals surface area (Å²) in [6.07, 6.45) is -4.01. The van der Waals surface area contributed by atoms with Crippen molar-refractivity contribution >= 4 is 5.69 Å². The first kappa shape index (κ1) is 15.2. The van der Waals surface area contributed by atoms with Crippen molar-refractivity contribution in [2.75, 3.05) is 25.1 Å². The van der Waals surface area contributed by atoms with Gasteiger partial charge in [0.25, 0.3) is 0 Å². The molecular formula is C12H12F4N2O. The van der Waals surface area contributed by atoms with Crippen LogP contribution in [0.5, 0.6) is 0 Å². The van der Waals surface area contributed by atoms with Crippen LogP contribution >= 0.6 is 0 Å². The zero-order valence-electron chi connectivity index (χ0n) is 9.93. The van der Waals surface area contributed by atoms with Gasteiger partial charge in [-0.15, -0.1) is 0 Å². The number of rotatable bonds is 6. The molecular weight excluding hydrogens is 264 g/mol. The first-order valence-corrected chi connectivity index (χ1v) is 5.50. The maximum absolute atomic E-state index is 13.4. The Kier molecular flexibility index (Phi) is 5.57. The monoisotopic (exact) mass is 276 g/mol. The molecule has 0 fully saturated rings. The highest BCUT2D eigenvalue weighted by atomic mass is 19.4. The maximum atomic E-state index is 13.4. The van der Waals surface area contributed by atoms with E-state index >= 15 is 0 Å². The van der Waals surface area contributed by atoms with Gasteiger partial charge in [-0.05, 0) is 24.6 Å². The Morgan fingerprint density at radius 3 is 2.63 bits per heavy atom. The van der Waals surface area contributed by atoms with E-state index in [2.05, 4.69) is 10.1 Å². The molecule has 0 bridgehead atoms. The molecule has 0 aromatic heterocycles. The lowest BCUT2D eigenvalue weighted by molar-refractivity contribution is -0.173. The predicted octanol–water partition coefficient (Wildman–Crippen LogP) is 3.08. The molecule has 0 spiro atoms. The fourth-order valence-electron chi connectivity index (χ4n) is 1.31. The molecule has 0 aliphatic heterocycles. The molecule has 0 aliphatic carbocycles. The molecule has 1 rings (SSSR count). The van der Waals surface area contributed by atoms with Crippen LogP contribution in [0.1, 0.15) is 12.0 Å². The molecule has 3 nitrogen and oxygen atoms in total. The average molecular weight is 276 g/mol. The number of nitriles is 1. The van der Waals surface area contributed by atoms with Gasteiger partial charge in [-0.25, -0.2) is 4.39 Å². The second-order valence-electron chi connectivity index (χ2n) is 3.75. The lowest BCUT2D eigenvalue weighted by Crippen LogP contribution is -2.18. The minimum Gasteiger partial charge on any atom is -0.383 e. The predicted molar refractivity (Wildman–Crippen MR) is 61.1 cm³/mol. The number of hydrogen-bond donors (Lipinski definition) is 1. The summed E-state index contributed by atoms with van der Waals surface area (Å²) in [6, 6.07) is 5.74. The van der Waals surface area contributed by atoms with Crippen LogP contribution in [0.4, 0.5) is 23.2 Å². The van der Waals surface area contributed by atoms with Crippen LogP contribution in [0.2, 0.25) is 0 Å². The van der Waals surface area contributed by atoms with E-state index in [0.717, 1.165) is 6.07 Å². The van der Waals surface area contributed by atoms with Gasteiger partial charge in [-0.1, -0.05) is 0 Å². The first-order chi connectivity index (χ1) is 8.92. The topological polar surface area (TPSA) is 45.0 Å². The molecule has 19 heavy (non-hydrogen) atoms. The fraction of sp³-hybridized carbons (Fsp3) is 0.417. The van der Waals surface area contributed by atoms with E-state index in [4.69, 9.17) is 5.26 Å². The molecule has 104 valence electrons. The summed E-state index contributed by atoms with van der Waals surface area (Å²) >= 11 is 0. The number of alkyl halides is 3. The summed E-state index contributed by atoms with van der Waals surface area (Å²) in [7, 11) is 0.